The highest BCUT2D eigenvalue weighted by atomic mass is 32.1. The number of nitrogens with one attached hydrogen (secondary N) is 1. The Morgan fingerprint density at radius 3 is 3.07 bits per heavy atom. The van der Waals surface area contributed by atoms with E-state index in [9.17, 15) is 0 Å². The fourth-order valence-electron chi connectivity index (χ4n) is 2.18. The van der Waals surface area contributed by atoms with Crippen LogP contribution in [0.5, 0.6) is 0 Å². The van der Waals surface area contributed by atoms with E-state index in [0.717, 1.165) is 25.7 Å². The molecule has 1 aromatic rings. The lowest BCUT2D eigenvalue weighted by molar-refractivity contribution is 0.150. The molecule has 1 aliphatic heterocycles. The quantitative estimate of drug-likeness (QED) is 0.847. The molecule has 1 aromatic heterocycles. The van der Waals surface area contributed by atoms with Gasteiger partial charge in [0.15, 0.2) is 0 Å². The Bertz CT molecular complexity index is 308. The van der Waals surface area contributed by atoms with Gasteiger partial charge >= 0.3 is 0 Å². The van der Waals surface area contributed by atoms with Crippen molar-refractivity contribution in [2.75, 3.05) is 19.6 Å². The Morgan fingerprint density at radius 1 is 1.53 bits per heavy atom. The molecule has 2 heterocycles. The maximum absolute atomic E-state index is 3.47. The van der Waals surface area contributed by atoms with Crippen LogP contribution in [0.25, 0.3) is 0 Å². The second-order valence-corrected chi connectivity index (χ2v) is 5.62. The predicted octanol–water partition coefficient (Wildman–Crippen LogP) is 2.24. The number of nitrogens with zero attached hydrogens (tertiary/aromatic N) is 1. The summed E-state index contributed by atoms with van der Waals surface area (Å²) in [5.74, 6) is 0. The molecule has 0 aromatic carbocycles. The van der Waals surface area contributed by atoms with Crippen LogP contribution in [0.1, 0.15) is 23.1 Å². The monoisotopic (exact) mass is 224 g/mol. The Balaban J connectivity index is 1.97. The van der Waals surface area contributed by atoms with Gasteiger partial charge in [-0.3, -0.25) is 4.90 Å². The molecule has 0 amide bonds. The highest BCUT2D eigenvalue weighted by Gasteiger charge is 2.20. The molecule has 2 rings (SSSR count). The van der Waals surface area contributed by atoms with Crippen molar-refractivity contribution >= 4 is 11.3 Å². The van der Waals surface area contributed by atoms with Crippen molar-refractivity contribution in [2.45, 2.75) is 32.9 Å². The molecule has 15 heavy (non-hydrogen) atoms. The van der Waals surface area contributed by atoms with E-state index in [0.29, 0.717) is 0 Å². The molecule has 1 unspecified atom stereocenters. The number of thiophene rings is 1. The lowest BCUT2D eigenvalue weighted by atomic mass is 10.1. The fraction of sp³-hybridized carbons (Fsp3) is 0.667. The smallest absolute Gasteiger partial charge is 0.0332 e. The van der Waals surface area contributed by atoms with Crippen LogP contribution in [0.3, 0.4) is 0 Å². The highest BCUT2D eigenvalue weighted by Crippen LogP contribution is 2.19. The third-order valence-corrected chi connectivity index (χ3v) is 4.08. The second-order valence-electron chi connectivity index (χ2n) is 4.25. The van der Waals surface area contributed by atoms with Crippen LogP contribution in [-0.4, -0.2) is 30.6 Å². The van der Waals surface area contributed by atoms with E-state index >= 15 is 0 Å². The van der Waals surface area contributed by atoms with Gasteiger partial charge in [-0.1, -0.05) is 6.92 Å². The van der Waals surface area contributed by atoms with Crippen LogP contribution < -0.4 is 5.32 Å². The molecule has 84 valence electrons. The predicted molar refractivity (Wildman–Crippen MR) is 66.4 cm³/mol. The van der Waals surface area contributed by atoms with Gasteiger partial charge in [0.25, 0.3) is 0 Å². The van der Waals surface area contributed by atoms with E-state index in [1.54, 1.807) is 0 Å². The molecule has 3 heteroatoms. The Hall–Kier alpha value is -0.380. The van der Waals surface area contributed by atoms with Crippen molar-refractivity contribution in [2.24, 2.45) is 0 Å². The van der Waals surface area contributed by atoms with E-state index in [1.165, 1.54) is 22.7 Å². The molecule has 0 saturated carbocycles. The minimum atomic E-state index is 0.723. The summed E-state index contributed by atoms with van der Waals surface area (Å²) in [4.78, 5) is 5.54. The van der Waals surface area contributed by atoms with Crippen LogP contribution in [0.4, 0.5) is 0 Å². The van der Waals surface area contributed by atoms with E-state index < -0.39 is 0 Å². The maximum atomic E-state index is 3.47. The summed E-state index contributed by atoms with van der Waals surface area (Å²) in [7, 11) is 0. The van der Waals surface area contributed by atoms with Crippen molar-refractivity contribution in [3.63, 3.8) is 0 Å². The molecule has 0 bridgehead atoms. The van der Waals surface area contributed by atoms with Crippen LogP contribution >= 0.6 is 11.3 Å². The van der Waals surface area contributed by atoms with Crippen molar-refractivity contribution in [3.8, 4) is 0 Å². The van der Waals surface area contributed by atoms with Crippen LogP contribution in [0, 0.1) is 6.92 Å². The number of piperazine rings is 1. The first kappa shape index (κ1) is 11.1. The lowest BCUT2D eigenvalue weighted by Crippen LogP contribution is -2.50. The molecule has 1 aliphatic rings. The summed E-state index contributed by atoms with van der Waals surface area (Å²) in [5, 5.41) is 3.47. The van der Waals surface area contributed by atoms with Gasteiger partial charge in [-0.15, -0.1) is 11.3 Å². The second kappa shape index (κ2) is 5.10. The highest BCUT2D eigenvalue weighted by molar-refractivity contribution is 7.11. The van der Waals surface area contributed by atoms with Crippen molar-refractivity contribution in [3.05, 3.63) is 21.9 Å². The van der Waals surface area contributed by atoms with Crippen LogP contribution in [0.15, 0.2) is 12.1 Å². The fourth-order valence-corrected chi connectivity index (χ4v) is 3.10. The molecule has 2 nitrogen and oxygen atoms in total. The van der Waals surface area contributed by atoms with Crippen molar-refractivity contribution < 1.29 is 0 Å². The van der Waals surface area contributed by atoms with E-state index in [1.807, 2.05) is 11.3 Å². The summed E-state index contributed by atoms with van der Waals surface area (Å²) in [6.07, 6.45) is 1.25. The summed E-state index contributed by atoms with van der Waals surface area (Å²) in [6, 6.07) is 5.22. The first-order valence-corrected chi connectivity index (χ1v) is 6.61. The van der Waals surface area contributed by atoms with Crippen molar-refractivity contribution in [1.82, 2.24) is 10.2 Å². The zero-order valence-electron chi connectivity index (χ0n) is 9.62. The lowest BCUT2D eigenvalue weighted by Gasteiger charge is -2.35. The summed E-state index contributed by atoms with van der Waals surface area (Å²) >= 11 is 1.93. The number of hydrogen-bond acceptors (Lipinski definition) is 3. The Morgan fingerprint density at radius 2 is 2.40 bits per heavy atom. The largest absolute Gasteiger partial charge is 0.314 e. The maximum Gasteiger partial charge on any atom is 0.0332 e. The van der Waals surface area contributed by atoms with Gasteiger partial charge in [0.05, 0.1) is 0 Å². The molecule has 0 aliphatic carbocycles. The summed E-state index contributed by atoms with van der Waals surface area (Å²) in [6.45, 7) is 9.09. The molecular formula is C12H20N2S. The van der Waals surface area contributed by atoms with Gasteiger partial charge in [0.1, 0.15) is 0 Å². The standard InChI is InChI=1S/C12H20N2S/c1-3-11-8-13-6-7-14(11)9-12-5-4-10(2)15-12/h4-5,11,13H,3,6-9H2,1-2H3. The number of hydrogen-bond donors (Lipinski definition) is 1. The summed E-state index contributed by atoms with van der Waals surface area (Å²) in [5.41, 5.74) is 0. The van der Waals surface area contributed by atoms with Gasteiger partial charge in [-0.05, 0) is 25.5 Å². The van der Waals surface area contributed by atoms with Crippen molar-refractivity contribution in [1.29, 1.82) is 0 Å². The Labute approximate surface area is 96.3 Å². The minimum absolute atomic E-state index is 0.723. The third kappa shape index (κ3) is 2.80. The first-order chi connectivity index (χ1) is 7.29. The van der Waals surface area contributed by atoms with Gasteiger partial charge < -0.3 is 5.32 Å². The molecule has 0 radical (unpaired) electrons. The van der Waals surface area contributed by atoms with Gasteiger partial charge in [-0.25, -0.2) is 0 Å². The molecule has 1 N–H and O–H groups in total. The number of rotatable bonds is 3. The third-order valence-electron chi connectivity index (χ3n) is 3.10. The van der Waals surface area contributed by atoms with Gasteiger partial charge in [0, 0.05) is 42.0 Å². The normalized spacial score (nSPS) is 23.2. The molecule has 1 atom stereocenters. The first-order valence-electron chi connectivity index (χ1n) is 5.79. The minimum Gasteiger partial charge on any atom is -0.314 e. The van der Waals surface area contributed by atoms with Gasteiger partial charge in [0.2, 0.25) is 0 Å². The molecule has 0 spiro atoms. The summed E-state index contributed by atoms with van der Waals surface area (Å²) < 4.78 is 0. The van der Waals surface area contributed by atoms with Crippen LogP contribution in [0.2, 0.25) is 0 Å². The average molecular weight is 224 g/mol. The zero-order chi connectivity index (χ0) is 10.7. The van der Waals surface area contributed by atoms with E-state index in [2.05, 4.69) is 36.2 Å². The SMILES string of the molecule is CCC1CNCCN1Cc1ccc(C)s1. The Kier molecular flexibility index (Phi) is 3.78. The van der Waals surface area contributed by atoms with E-state index in [4.69, 9.17) is 0 Å². The zero-order valence-corrected chi connectivity index (χ0v) is 10.4. The van der Waals surface area contributed by atoms with E-state index in [-0.39, 0.29) is 0 Å². The van der Waals surface area contributed by atoms with Crippen LogP contribution in [-0.2, 0) is 6.54 Å². The average Bonchev–Trinajstić information content (AvgIpc) is 2.65. The number of aryl methyl sites for hydroxylation is 1. The molecular weight excluding hydrogens is 204 g/mol. The molecule has 1 saturated heterocycles. The topological polar surface area (TPSA) is 15.3 Å². The molecule has 1 fully saturated rings. The van der Waals surface area contributed by atoms with Gasteiger partial charge in [-0.2, -0.15) is 0 Å².